The standard InChI is InChI=1S/C33H30BrClFNO3S/c1-21-9-5-8-14-26(21)28(38)18-30-37(19-23-15-16-27(35)31(34)32(23)36)33(39)29(41-30)17-22-10-6-7-11-24(22)20-40-25-12-3-2-4-13-25/h5-11,14-18,25H,2-4,12-13,19-20H2,1H3/b29-17+,30-18-. The molecule has 0 aliphatic heterocycles. The van der Waals surface area contributed by atoms with Gasteiger partial charge in [0.25, 0.3) is 5.56 Å². The number of hydrogen-bond donors (Lipinski definition) is 0. The van der Waals surface area contributed by atoms with Gasteiger partial charge in [0.2, 0.25) is 0 Å². The molecular weight excluding hydrogens is 625 g/mol. The number of Topliss-reactive ketones (excluding diaryl/α,β-unsaturated/α-hetero) is 1. The Bertz CT molecular complexity index is 1760. The minimum Gasteiger partial charge on any atom is -0.374 e. The quantitative estimate of drug-likeness (QED) is 0.150. The summed E-state index contributed by atoms with van der Waals surface area (Å²) in [6.07, 6.45) is 9.37. The summed E-state index contributed by atoms with van der Waals surface area (Å²) in [5.41, 5.74) is 3.25. The predicted octanol–water partition coefficient (Wildman–Crippen LogP) is 7.16. The number of ether oxygens (including phenoxy) is 1. The van der Waals surface area contributed by atoms with Crippen molar-refractivity contribution in [1.82, 2.24) is 4.57 Å². The third-order valence-corrected chi connectivity index (χ3v) is 9.79. The van der Waals surface area contributed by atoms with E-state index in [9.17, 15) is 9.59 Å². The van der Waals surface area contributed by atoms with Gasteiger partial charge in [-0.2, -0.15) is 0 Å². The molecule has 0 spiro atoms. The van der Waals surface area contributed by atoms with Gasteiger partial charge < -0.3 is 4.74 Å². The van der Waals surface area contributed by atoms with Crippen LogP contribution < -0.4 is 14.8 Å². The Hall–Kier alpha value is -2.84. The molecule has 0 amide bonds. The van der Waals surface area contributed by atoms with Crippen molar-refractivity contribution in [3.63, 3.8) is 0 Å². The van der Waals surface area contributed by atoms with Crippen molar-refractivity contribution in [2.45, 2.75) is 58.3 Å². The Morgan fingerprint density at radius 2 is 1.80 bits per heavy atom. The van der Waals surface area contributed by atoms with Gasteiger partial charge in [-0.25, -0.2) is 4.39 Å². The zero-order chi connectivity index (χ0) is 28.9. The van der Waals surface area contributed by atoms with E-state index in [2.05, 4.69) is 15.9 Å². The summed E-state index contributed by atoms with van der Waals surface area (Å²) in [4.78, 5) is 27.1. The fraction of sp³-hybridized carbons (Fsp3) is 0.273. The molecule has 0 saturated heterocycles. The van der Waals surface area contributed by atoms with Crippen molar-refractivity contribution in [2.24, 2.45) is 0 Å². The van der Waals surface area contributed by atoms with Crippen molar-refractivity contribution < 1.29 is 13.9 Å². The van der Waals surface area contributed by atoms with Crippen LogP contribution in [-0.4, -0.2) is 16.5 Å². The van der Waals surface area contributed by atoms with Crippen LogP contribution in [0, 0.1) is 12.7 Å². The van der Waals surface area contributed by atoms with Gasteiger partial charge in [-0.15, -0.1) is 11.3 Å². The first-order valence-corrected chi connectivity index (χ1v) is 15.7. The zero-order valence-electron chi connectivity index (χ0n) is 22.7. The van der Waals surface area contributed by atoms with Gasteiger partial charge in [-0.3, -0.25) is 14.2 Å². The van der Waals surface area contributed by atoms with Crippen LogP contribution >= 0.6 is 38.9 Å². The van der Waals surface area contributed by atoms with Crippen LogP contribution in [0.4, 0.5) is 4.39 Å². The number of benzene rings is 3. The fourth-order valence-corrected chi connectivity index (χ4v) is 6.64. The number of carbonyl (C=O) groups excluding carboxylic acids is 1. The van der Waals surface area contributed by atoms with Gasteiger partial charge in [0.05, 0.1) is 33.3 Å². The number of nitrogens with zero attached hydrogens (tertiary/aromatic N) is 1. The first-order valence-electron chi connectivity index (χ1n) is 13.7. The van der Waals surface area contributed by atoms with Crippen LogP contribution in [-0.2, 0) is 17.9 Å². The average molecular weight is 655 g/mol. The highest BCUT2D eigenvalue weighted by Crippen LogP contribution is 2.28. The van der Waals surface area contributed by atoms with E-state index in [1.54, 1.807) is 18.2 Å². The second kappa shape index (κ2) is 13.4. The fourth-order valence-electron chi connectivity index (χ4n) is 5.08. The van der Waals surface area contributed by atoms with E-state index in [1.807, 2.05) is 55.5 Å². The summed E-state index contributed by atoms with van der Waals surface area (Å²) >= 11 is 10.5. The Morgan fingerprint density at radius 1 is 1.07 bits per heavy atom. The van der Waals surface area contributed by atoms with Gasteiger partial charge in [-0.1, -0.05) is 85.5 Å². The molecule has 1 saturated carbocycles. The van der Waals surface area contributed by atoms with E-state index >= 15 is 4.39 Å². The molecule has 1 aliphatic carbocycles. The van der Waals surface area contributed by atoms with Crippen LogP contribution in [0.5, 0.6) is 0 Å². The number of halogens is 3. The van der Waals surface area contributed by atoms with Crippen LogP contribution in [0.3, 0.4) is 0 Å². The second-order valence-electron chi connectivity index (χ2n) is 10.3. The van der Waals surface area contributed by atoms with Crippen molar-refractivity contribution in [2.75, 3.05) is 0 Å². The molecule has 3 aromatic carbocycles. The summed E-state index contributed by atoms with van der Waals surface area (Å²) in [5, 5.41) is 0.242. The van der Waals surface area contributed by atoms with Crippen molar-refractivity contribution in [3.05, 3.63) is 123 Å². The molecule has 1 fully saturated rings. The smallest absolute Gasteiger partial charge is 0.269 e. The topological polar surface area (TPSA) is 48.3 Å². The molecule has 1 aliphatic rings. The zero-order valence-corrected chi connectivity index (χ0v) is 25.8. The average Bonchev–Trinajstić information content (AvgIpc) is 3.26. The number of ketones is 1. The number of hydrogen-bond acceptors (Lipinski definition) is 4. The van der Waals surface area contributed by atoms with E-state index in [0.29, 0.717) is 21.4 Å². The maximum atomic E-state index is 15.1. The minimum absolute atomic E-state index is 0.0515. The van der Waals surface area contributed by atoms with E-state index in [4.69, 9.17) is 16.3 Å². The Balaban J connectivity index is 1.58. The molecular formula is C33H30BrClFNO3S. The lowest BCUT2D eigenvalue weighted by Crippen LogP contribution is -2.32. The van der Waals surface area contributed by atoms with Crippen molar-refractivity contribution in [3.8, 4) is 0 Å². The molecule has 0 bridgehead atoms. The molecule has 0 atom stereocenters. The largest absolute Gasteiger partial charge is 0.374 e. The first kappa shape index (κ1) is 29.6. The van der Waals surface area contributed by atoms with Gasteiger partial charge >= 0.3 is 0 Å². The molecule has 212 valence electrons. The monoisotopic (exact) mass is 653 g/mol. The molecule has 4 aromatic rings. The highest BCUT2D eigenvalue weighted by Gasteiger charge is 2.16. The highest BCUT2D eigenvalue weighted by atomic mass is 79.9. The van der Waals surface area contributed by atoms with Crippen molar-refractivity contribution in [1.29, 1.82) is 0 Å². The molecule has 5 rings (SSSR count). The van der Waals surface area contributed by atoms with E-state index < -0.39 is 5.82 Å². The second-order valence-corrected chi connectivity index (χ2v) is 12.5. The number of thiazole rings is 1. The van der Waals surface area contributed by atoms with E-state index in [-0.39, 0.29) is 39.1 Å². The van der Waals surface area contributed by atoms with Gasteiger partial charge in [0.1, 0.15) is 10.5 Å². The SMILES string of the molecule is Cc1ccccc1C(=O)/C=c1\s/c(=C/c2ccccc2COC2CCCCC2)c(=O)n1Cc1ccc(Cl)c(Br)c1F. The maximum Gasteiger partial charge on any atom is 0.269 e. The van der Waals surface area contributed by atoms with Crippen LogP contribution in [0.15, 0.2) is 69.9 Å². The lowest BCUT2D eigenvalue weighted by Gasteiger charge is -2.22. The summed E-state index contributed by atoms with van der Waals surface area (Å²) in [6, 6.07) is 18.3. The van der Waals surface area contributed by atoms with Crippen molar-refractivity contribution >= 4 is 56.8 Å². The Kier molecular flexibility index (Phi) is 9.71. The molecule has 8 heteroatoms. The van der Waals surface area contributed by atoms with E-state index in [1.165, 1.54) is 41.2 Å². The summed E-state index contributed by atoms with van der Waals surface area (Å²) in [6.45, 7) is 2.28. The minimum atomic E-state index is -0.539. The molecule has 4 nitrogen and oxygen atoms in total. The maximum absolute atomic E-state index is 15.1. The third-order valence-electron chi connectivity index (χ3n) is 7.41. The molecule has 1 aromatic heterocycles. The first-order chi connectivity index (χ1) is 19.8. The number of carbonyl (C=O) groups is 1. The summed E-state index contributed by atoms with van der Waals surface area (Å²) in [5.74, 6) is -0.758. The molecule has 41 heavy (non-hydrogen) atoms. The normalized spacial score (nSPS) is 15.0. The number of aromatic nitrogens is 1. The van der Waals surface area contributed by atoms with Crippen LogP contribution in [0.2, 0.25) is 5.02 Å². The Morgan fingerprint density at radius 3 is 2.59 bits per heavy atom. The number of aryl methyl sites for hydroxylation is 1. The van der Waals surface area contributed by atoms with Crippen LogP contribution in [0.25, 0.3) is 12.2 Å². The van der Waals surface area contributed by atoms with Gasteiger partial charge in [-0.05, 0) is 64.5 Å². The highest BCUT2D eigenvalue weighted by molar-refractivity contribution is 9.10. The van der Waals surface area contributed by atoms with Gasteiger partial charge in [0, 0.05) is 17.2 Å². The van der Waals surface area contributed by atoms with Gasteiger partial charge in [0.15, 0.2) is 5.78 Å². The lowest BCUT2D eigenvalue weighted by molar-refractivity contribution is 0.0168. The number of rotatable bonds is 8. The summed E-state index contributed by atoms with van der Waals surface area (Å²) < 4.78 is 23.8. The Labute approximate surface area is 255 Å². The molecule has 0 unspecified atom stereocenters. The molecule has 1 heterocycles. The summed E-state index contributed by atoms with van der Waals surface area (Å²) in [7, 11) is 0. The molecule has 0 radical (unpaired) electrons. The van der Waals surface area contributed by atoms with E-state index in [0.717, 1.165) is 29.5 Å². The predicted molar refractivity (Wildman–Crippen MR) is 168 cm³/mol. The van der Waals surface area contributed by atoms with Crippen LogP contribution in [0.1, 0.15) is 64.7 Å². The molecule has 0 N–H and O–H groups in total. The lowest BCUT2D eigenvalue weighted by atomic mass is 9.98. The third kappa shape index (κ3) is 6.97.